The van der Waals surface area contributed by atoms with Gasteiger partial charge >= 0.3 is 5.97 Å². The monoisotopic (exact) mass is 358 g/mol. The van der Waals surface area contributed by atoms with Crippen LogP contribution in [0.15, 0.2) is 29.5 Å². The number of hydrogen-bond donors (Lipinski definition) is 2. The summed E-state index contributed by atoms with van der Waals surface area (Å²) < 4.78 is 8.47. The molecular weight excluding hydrogens is 340 g/mol. The van der Waals surface area contributed by atoms with E-state index < -0.39 is 5.97 Å². The lowest BCUT2D eigenvalue weighted by Crippen LogP contribution is -2.38. The Morgan fingerprint density at radius 1 is 1.31 bits per heavy atom. The molecule has 10 nitrogen and oxygen atoms in total. The Balaban J connectivity index is 1.60. The van der Waals surface area contributed by atoms with Crippen molar-refractivity contribution in [2.24, 2.45) is 0 Å². The molecule has 0 unspecified atom stereocenters. The molecule has 0 radical (unpaired) electrons. The van der Waals surface area contributed by atoms with E-state index in [2.05, 4.69) is 20.0 Å². The van der Waals surface area contributed by atoms with Crippen molar-refractivity contribution in [1.29, 1.82) is 0 Å². The normalized spacial score (nSPS) is 15.5. The van der Waals surface area contributed by atoms with Crippen molar-refractivity contribution in [2.45, 2.75) is 6.54 Å². The molecule has 0 spiro atoms. The molecule has 0 aliphatic carbocycles. The van der Waals surface area contributed by atoms with E-state index in [1.807, 2.05) is 10.8 Å². The van der Waals surface area contributed by atoms with Gasteiger partial charge in [-0.1, -0.05) is 0 Å². The first kappa shape index (κ1) is 16.5. The number of ether oxygens (including phenoxy) is 1. The van der Waals surface area contributed by atoms with Crippen LogP contribution in [0.2, 0.25) is 0 Å². The van der Waals surface area contributed by atoms with Crippen molar-refractivity contribution < 1.29 is 14.6 Å². The zero-order valence-corrected chi connectivity index (χ0v) is 14.0. The maximum atomic E-state index is 12.5. The zero-order valence-electron chi connectivity index (χ0n) is 14.0. The molecule has 1 fully saturated rings. The van der Waals surface area contributed by atoms with Crippen molar-refractivity contribution >= 4 is 17.0 Å². The molecule has 0 aromatic carbocycles. The minimum absolute atomic E-state index is 0.0239. The second-order valence-corrected chi connectivity index (χ2v) is 6.07. The molecule has 0 bridgehead atoms. The van der Waals surface area contributed by atoms with Crippen molar-refractivity contribution in [1.82, 2.24) is 29.2 Å². The number of aromatic amines is 1. The first-order chi connectivity index (χ1) is 12.6. The van der Waals surface area contributed by atoms with Gasteiger partial charge in [-0.2, -0.15) is 5.10 Å². The van der Waals surface area contributed by atoms with Crippen molar-refractivity contribution in [2.75, 3.05) is 32.8 Å². The van der Waals surface area contributed by atoms with Gasteiger partial charge in [0.1, 0.15) is 5.52 Å². The molecule has 3 aromatic rings. The van der Waals surface area contributed by atoms with Crippen LogP contribution < -0.4 is 5.56 Å². The zero-order chi connectivity index (χ0) is 18.1. The Morgan fingerprint density at radius 2 is 2.12 bits per heavy atom. The highest BCUT2D eigenvalue weighted by atomic mass is 16.5. The lowest BCUT2D eigenvalue weighted by Gasteiger charge is -2.26. The van der Waals surface area contributed by atoms with E-state index >= 15 is 0 Å². The molecule has 26 heavy (non-hydrogen) atoms. The molecule has 3 aromatic heterocycles. The predicted octanol–water partition coefficient (Wildman–Crippen LogP) is -0.0593. The van der Waals surface area contributed by atoms with E-state index in [-0.39, 0.29) is 17.1 Å². The number of nitrogens with one attached hydrogen (secondary N) is 1. The highest BCUT2D eigenvalue weighted by Crippen LogP contribution is 2.12. The quantitative estimate of drug-likeness (QED) is 0.656. The average molecular weight is 358 g/mol. The highest BCUT2D eigenvalue weighted by molar-refractivity contribution is 5.87. The number of carbonyl (C=O) groups is 1. The van der Waals surface area contributed by atoms with Crippen LogP contribution in [0.25, 0.3) is 17.0 Å². The number of aromatic nitrogens is 5. The van der Waals surface area contributed by atoms with Crippen molar-refractivity contribution in [3.05, 3.63) is 40.6 Å². The van der Waals surface area contributed by atoms with E-state index in [1.165, 1.54) is 17.1 Å². The number of aromatic carboxylic acids is 1. The molecule has 136 valence electrons. The lowest BCUT2D eigenvalue weighted by molar-refractivity contribution is 0.0365. The van der Waals surface area contributed by atoms with Crippen LogP contribution in [0.5, 0.6) is 0 Å². The second kappa shape index (κ2) is 6.73. The summed E-state index contributed by atoms with van der Waals surface area (Å²) in [5.41, 5.74) is 0.769. The fourth-order valence-electron chi connectivity index (χ4n) is 3.02. The Hall–Kier alpha value is -2.98. The van der Waals surface area contributed by atoms with E-state index in [0.717, 1.165) is 32.8 Å². The van der Waals surface area contributed by atoms with Gasteiger partial charge in [0.15, 0.2) is 0 Å². The van der Waals surface area contributed by atoms with Gasteiger partial charge in [-0.3, -0.25) is 14.7 Å². The largest absolute Gasteiger partial charge is 0.478 e. The van der Waals surface area contributed by atoms with Crippen LogP contribution >= 0.6 is 0 Å². The highest BCUT2D eigenvalue weighted by Gasteiger charge is 2.14. The van der Waals surface area contributed by atoms with Crippen LogP contribution in [0.4, 0.5) is 0 Å². The number of morpholine rings is 1. The maximum Gasteiger partial charge on any atom is 0.338 e. The Bertz CT molecular complexity index is 998. The molecule has 0 amide bonds. The van der Waals surface area contributed by atoms with E-state index in [1.54, 1.807) is 6.07 Å². The smallest absolute Gasteiger partial charge is 0.338 e. The number of rotatable bonds is 5. The summed E-state index contributed by atoms with van der Waals surface area (Å²) in [6.07, 6.45) is 4.35. The standard InChI is InChI=1S/C16H18N6O4/c23-14-13-12(1-2-21(13)4-3-20-5-7-26-8-6-20)18-16(19-14)22-10-11(9-17-22)15(24)25/h1-2,9-10H,3-8H2,(H,24,25)(H,18,19,23). The van der Waals surface area contributed by atoms with Gasteiger partial charge in [0.25, 0.3) is 5.56 Å². The summed E-state index contributed by atoms with van der Waals surface area (Å²) in [4.78, 5) is 32.9. The fourth-order valence-corrected chi connectivity index (χ4v) is 3.02. The minimum atomic E-state index is -1.09. The lowest BCUT2D eigenvalue weighted by atomic mass is 10.4. The first-order valence-corrected chi connectivity index (χ1v) is 8.29. The number of hydrogen-bond acceptors (Lipinski definition) is 6. The van der Waals surface area contributed by atoms with Gasteiger partial charge in [0, 0.05) is 38.6 Å². The summed E-state index contributed by atoms with van der Waals surface area (Å²) in [6.45, 7) is 4.76. The van der Waals surface area contributed by atoms with Gasteiger partial charge in [0.2, 0.25) is 5.95 Å². The Kier molecular flexibility index (Phi) is 4.27. The van der Waals surface area contributed by atoms with Gasteiger partial charge in [-0.25, -0.2) is 14.5 Å². The predicted molar refractivity (Wildman–Crippen MR) is 91.7 cm³/mol. The molecule has 1 aliphatic rings. The summed E-state index contributed by atoms with van der Waals surface area (Å²) in [5.74, 6) is -0.908. The van der Waals surface area contributed by atoms with Gasteiger partial charge in [-0.05, 0) is 6.07 Å². The van der Waals surface area contributed by atoms with Crippen LogP contribution in [-0.2, 0) is 11.3 Å². The first-order valence-electron chi connectivity index (χ1n) is 8.29. The van der Waals surface area contributed by atoms with E-state index in [4.69, 9.17) is 9.84 Å². The topological polar surface area (TPSA) is 118 Å². The molecule has 4 rings (SSSR count). The van der Waals surface area contributed by atoms with Gasteiger partial charge in [0.05, 0.1) is 30.5 Å². The molecule has 2 N–H and O–H groups in total. The summed E-state index contributed by atoms with van der Waals surface area (Å²) >= 11 is 0. The molecule has 0 atom stereocenters. The average Bonchev–Trinajstić information content (AvgIpc) is 3.28. The van der Waals surface area contributed by atoms with Crippen molar-refractivity contribution in [3.8, 4) is 5.95 Å². The summed E-state index contributed by atoms with van der Waals surface area (Å²) in [5, 5.41) is 12.9. The third-order valence-electron chi connectivity index (χ3n) is 4.42. The number of fused-ring (bicyclic) bond motifs is 1. The Morgan fingerprint density at radius 3 is 2.85 bits per heavy atom. The van der Waals surface area contributed by atoms with Crippen LogP contribution in [0.3, 0.4) is 0 Å². The molecule has 1 aliphatic heterocycles. The minimum Gasteiger partial charge on any atom is -0.478 e. The fraction of sp³-hybridized carbons (Fsp3) is 0.375. The van der Waals surface area contributed by atoms with E-state index in [9.17, 15) is 9.59 Å². The number of carboxylic acids is 1. The summed E-state index contributed by atoms with van der Waals surface area (Å²) in [6, 6.07) is 1.77. The molecular formula is C16H18N6O4. The number of H-pyrrole nitrogens is 1. The van der Waals surface area contributed by atoms with Gasteiger partial charge < -0.3 is 14.4 Å². The Labute approximate surface area is 147 Å². The summed E-state index contributed by atoms with van der Waals surface area (Å²) in [7, 11) is 0. The van der Waals surface area contributed by atoms with Gasteiger partial charge in [-0.15, -0.1) is 0 Å². The maximum absolute atomic E-state index is 12.5. The molecule has 4 heterocycles. The second-order valence-electron chi connectivity index (χ2n) is 6.07. The molecule has 10 heteroatoms. The van der Waals surface area contributed by atoms with Crippen LogP contribution in [-0.4, -0.2) is 73.1 Å². The SMILES string of the molecule is O=C(O)c1cnn(-c2nc3ccn(CCN4CCOCC4)c3c(=O)[nH]2)c1. The van der Waals surface area contributed by atoms with Crippen molar-refractivity contribution in [3.63, 3.8) is 0 Å². The third-order valence-corrected chi connectivity index (χ3v) is 4.42. The molecule has 1 saturated heterocycles. The molecule has 0 saturated carbocycles. The number of nitrogens with zero attached hydrogens (tertiary/aromatic N) is 5. The van der Waals surface area contributed by atoms with Crippen LogP contribution in [0.1, 0.15) is 10.4 Å². The van der Waals surface area contributed by atoms with Crippen LogP contribution in [0, 0.1) is 0 Å². The number of carboxylic acid groups (broad SMARTS) is 1. The third kappa shape index (κ3) is 3.11. The van der Waals surface area contributed by atoms with E-state index in [0.29, 0.717) is 17.6 Å².